The SMILES string of the molecule is O=c1oc2c(=O)c(=O)c(=O)c(=O)c2oc1=O. The van der Waals surface area contributed by atoms with Crippen molar-refractivity contribution in [1.82, 2.24) is 0 Å². The molecule has 2 rings (SSSR count). The monoisotopic (exact) mass is 224 g/mol. The van der Waals surface area contributed by atoms with Crippen molar-refractivity contribution in [2.24, 2.45) is 0 Å². The van der Waals surface area contributed by atoms with Gasteiger partial charge in [-0.25, -0.2) is 9.59 Å². The number of rotatable bonds is 0. The smallest absolute Gasteiger partial charge is 0.410 e. The first kappa shape index (κ1) is 9.90. The molecule has 8 nitrogen and oxygen atoms in total. The van der Waals surface area contributed by atoms with E-state index in [-0.39, 0.29) is 0 Å². The molecule has 0 atom stereocenters. The van der Waals surface area contributed by atoms with E-state index in [0.29, 0.717) is 0 Å². The summed E-state index contributed by atoms with van der Waals surface area (Å²) in [4.78, 5) is 65.4. The molecule has 1 aromatic heterocycles. The lowest BCUT2D eigenvalue weighted by molar-refractivity contribution is 0.445. The normalized spacial score (nSPS) is 10.8. The third-order valence-corrected chi connectivity index (χ3v) is 1.79. The fourth-order valence-corrected chi connectivity index (χ4v) is 1.07. The molecule has 0 bridgehead atoms. The molecule has 16 heavy (non-hydrogen) atoms. The molecular formula is C8O8. The highest BCUT2D eigenvalue weighted by Gasteiger charge is 2.18. The lowest BCUT2D eigenvalue weighted by Crippen LogP contribution is -2.47. The first-order valence-electron chi connectivity index (χ1n) is 3.79. The molecule has 0 N–H and O–H groups in total. The van der Waals surface area contributed by atoms with Crippen molar-refractivity contribution in [2.75, 3.05) is 0 Å². The molecule has 0 saturated carbocycles. The quantitative estimate of drug-likeness (QED) is 0.434. The molecule has 8 heteroatoms. The second kappa shape index (κ2) is 2.92. The van der Waals surface area contributed by atoms with Gasteiger partial charge in [-0.15, -0.1) is 0 Å². The van der Waals surface area contributed by atoms with E-state index in [1.54, 1.807) is 0 Å². The molecule has 1 heterocycles. The van der Waals surface area contributed by atoms with Crippen molar-refractivity contribution in [3.63, 3.8) is 0 Å². The van der Waals surface area contributed by atoms with Crippen LogP contribution in [0.3, 0.4) is 0 Å². The predicted molar refractivity (Wildman–Crippen MR) is 48.5 cm³/mol. The molecule has 0 fully saturated rings. The van der Waals surface area contributed by atoms with Gasteiger partial charge in [-0.3, -0.25) is 19.2 Å². The predicted octanol–water partition coefficient (Wildman–Crippen LogP) is -2.94. The van der Waals surface area contributed by atoms with Crippen LogP contribution in [0.1, 0.15) is 0 Å². The highest BCUT2D eigenvalue weighted by atomic mass is 16.5. The maximum absolute atomic E-state index is 11.1. The second-order valence-electron chi connectivity index (χ2n) is 2.75. The fourth-order valence-electron chi connectivity index (χ4n) is 1.07. The van der Waals surface area contributed by atoms with Gasteiger partial charge >= 0.3 is 11.3 Å². The van der Waals surface area contributed by atoms with Gasteiger partial charge in [0, 0.05) is 0 Å². The number of benzene rings is 1. The van der Waals surface area contributed by atoms with Gasteiger partial charge < -0.3 is 8.83 Å². The Bertz CT molecular complexity index is 826. The maximum atomic E-state index is 11.1. The van der Waals surface area contributed by atoms with Crippen LogP contribution in [-0.2, 0) is 0 Å². The third kappa shape index (κ3) is 1.10. The summed E-state index contributed by atoms with van der Waals surface area (Å²) in [6.07, 6.45) is 0. The van der Waals surface area contributed by atoms with E-state index < -0.39 is 44.1 Å². The molecule has 0 aliphatic rings. The average Bonchev–Trinajstić information content (AvgIpc) is 2.26. The lowest BCUT2D eigenvalue weighted by atomic mass is 10.3. The van der Waals surface area contributed by atoms with Crippen LogP contribution in [0, 0.1) is 0 Å². The van der Waals surface area contributed by atoms with Crippen molar-refractivity contribution in [1.29, 1.82) is 0 Å². The zero-order chi connectivity index (χ0) is 12.0. The van der Waals surface area contributed by atoms with Crippen LogP contribution in [0.2, 0.25) is 0 Å². The van der Waals surface area contributed by atoms with Gasteiger partial charge in [0.05, 0.1) is 0 Å². The molecule has 0 spiro atoms. The minimum atomic E-state index is -1.63. The van der Waals surface area contributed by atoms with Gasteiger partial charge in [0.2, 0.25) is 11.2 Å². The Kier molecular flexibility index (Phi) is 1.81. The molecule has 0 radical (unpaired) electrons. The summed E-state index contributed by atoms with van der Waals surface area (Å²) in [5, 5.41) is 0. The third-order valence-electron chi connectivity index (χ3n) is 1.79. The van der Waals surface area contributed by atoms with E-state index in [0.717, 1.165) is 0 Å². The van der Waals surface area contributed by atoms with Gasteiger partial charge in [0.15, 0.2) is 0 Å². The summed E-state index contributed by atoms with van der Waals surface area (Å²) < 4.78 is 8.25. The Labute approximate surface area is 82.7 Å². The van der Waals surface area contributed by atoms with Crippen molar-refractivity contribution in [2.45, 2.75) is 0 Å². The van der Waals surface area contributed by atoms with Crippen molar-refractivity contribution in [3.8, 4) is 0 Å². The molecule has 0 unspecified atom stereocenters. The Morgan fingerprint density at radius 3 is 1.12 bits per heavy atom. The van der Waals surface area contributed by atoms with E-state index in [2.05, 4.69) is 8.83 Å². The Morgan fingerprint density at radius 2 is 0.812 bits per heavy atom. The second-order valence-corrected chi connectivity index (χ2v) is 2.75. The maximum Gasteiger partial charge on any atom is 0.423 e. The fraction of sp³-hybridized carbons (Fsp3) is 0. The van der Waals surface area contributed by atoms with Crippen molar-refractivity contribution in [3.05, 3.63) is 61.7 Å². The Balaban J connectivity index is 3.44. The van der Waals surface area contributed by atoms with Crippen molar-refractivity contribution < 1.29 is 8.83 Å². The van der Waals surface area contributed by atoms with Crippen LogP contribution in [0.15, 0.2) is 37.6 Å². The number of hydrogen-bond acceptors (Lipinski definition) is 8. The Hall–Kier alpha value is -2.64. The topological polar surface area (TPSA) is 129 Å². The van der Waals surface area contributed by atoms with Crippen LogP contribution in [0.25, 0.3) is 11.2 Å². The molecule has 0 saturated heterocycles. The van der Waals surface area contributed by atoms with Gasteiger partial charge in [0.1, 0.15) is 0 Å². The number of fused-ring (bicyclic) bond motifs is 1. The van der Waals surface area contributed by atoms with E-state index in [4.69, 9.17) is 0 Å². The van der Waals surface area contributed by atoms with Crippen LogP contribution in [0.4, 0.5) is 0 Å². The summed E-state index contributed by atoms with van der Waals surface area (Å²) in [5.41, 5.74) is -11.3. The van der Waals surface area contributed by atoms with E-state index in [9.17, 15) is 28.8 Å². The molecule has 0 amide bonds. The standard InChI is InChI=1S/C8O8/c9-1-2(10)4(12)6-5(3(1)11)15-7(13)8(14)16-6. The summed E-state index contributed by atoms with van der Waals surface area (Å²) in [7, 11) is 0. The van der Waals surface area contributed by atoms with Crippen molar-refractivity contribution >= 4 is 11.2 Å². The van der Waals surface area contributed by atoms with E-state index in [1.165, 1.54) is 0 Å². The van der Waals surface area contributed by atoms with Gasteiger partial charge in [0.25, 0.3) is 21.7 Å². The minimum Gasteiger partial charge on any atom is -0.410 e. The summed E-state index contributed by atoms with van der Waals surface area (Å²) in [6.45, 7) is 0. The summed E-state index contributed by atoms with van der Waals surface area (Å²) >= 11 is 0. The molecule has 0 aliphatic carbocycles. The molecule has 0 aliphatic heterocycles. The van der Waals surface area contributed by atoms with Crippen LogP contribution in [0.5, 0.6) is 0 Å². The van der Waals surface area contributed by atoms with Gasteiger partial charge in [-0.1, -0.05) is 0 Å². The van der Waals surface area contributed by atoms with E-state index >= 15 is 0 Å². The number of hydrogen-bond donors (Lipinski definition) is 0. The summed E-state index contributed by atoms with van der Waals surface area (Å²) in [5.74, 6) is 0. The molecule has 2 aromatic rings. The van der Waals surface area contributed by atoms with Gasteiger partial charge in [-0.2, -0.15) is 0 Å². The highest BCUT2D eigenvalue weighted by Crippen LogP contribution is 1.93. The first-order chi connectivity index (χ1) is 7.43. The average molecular weight is 224 g/mol. The van der Waals surface area contributed by atoms with E-state index in [1.807, 2.05) is 0 Å². The van der Waals surface area contributed by atoms with Gasteiger partial charge in [-0.05, 0) is 0 Å². The molecule has 80 valence electrons. The first-order valence-corrected chi connectivity index (χ1v) is 3.79. The zero-order valence-electron chi connectivity index (χ0n) is 7.27. The highest BCUT2D eigenvalue weighted by molar-refractivity contribution is 5.68. The van der Waals surface area contributed by atoms with Crippen LogP contribution >= 0.6 is 0 Å². The summed E-state index contributed by atoms with van der Waals surface area (Å²) in [6, 6.07) is 0. The molecular weight excluding hydrogens is 224 g/mol. The van der Waals surface area contributed by atoms with Crippen LogP contribution in [-0.4, -0.2) is 0 Å². The van der Waals surface area contributed by atoms with Crippen LogP contribution < -0.4 is 33.0 Å². The molecule has 1 aromatic carbocycles. The lowest BCUT2D eigenvalue weighted by Gasteiger charge is -1.88. The zero-order valence-corrected chi connectivity index (χ0v) is 7.27. The Morgan fingerprint density at radius 1 is 0.500 bits per heavy atom. The largest absolute Gasteiger partial charge is 0.423 e. The minimum absolute atomic E-state index is 1.01.